The Morgan fingerprint density at radius 3 is 2.56 bits per heavy atom. The van der Waals surface area contributed by atoms with Crippen LogP contribution in [-0.2, 0) is 13.0 Å². The molecule has 18 heavy (non-hydrogen) atoms. The van der Waals surface area contributed by atoms with Crippen molar-refractivity contribution in [2.75, 3.05) is 6.54 Å². The average Bonchev–Trinajstić information content (AvgIpc) is 2.62. The Bertz CT molecular complexity index is 365. The average molecular weight is 254 g/mol. The van der Waals surface area contributed by atoms with Gasteiger partial charge >= 0.3 is 0 Å². The van der Waals surface area contributed by atoms with E-state index in [2.05, 4.69) is 43.1 Å². The van der Waals surface area contributed by atoms with Crippen molar-refractivity contribution in [3.63, 3.8) is 0 Å². The lowest BCUT2D eigenvalue weighted by atomic mass is 9.99. The minimum atomic E-state index is -0.814. The van der Waals surface area contributed by atoms with E-state index in [0.717, 1.165) is 18.8 Å². The molecule has 0 aromatic carbocycles. The van der Waals surface area contributed by atoms with E-state index < -0.39 is 5.60 Å². The highest BCUT2D eigenvalue weighted by atomic mass is 16.3. The molecule has 0 amide bonds. The van der Waals surface area contributed by atoms with Crippen LogP contribution in [-0.4, -0.2) is 37.6 Å². The maximum Gasteiger partial charge on any atom is 0.138 e. The van der Waals surface area contributed by atoms with Crippen molar-refractivity contribution >= 4 is 0 Å². The molecule has 0 aliphatic heterocycles. The smallest absolute Gasteiger partial charge is 0.138 e. The number of nitrogens with zero attached hydrogens (tertiary/aromatic N) is 3. The van der Waals surface area contributed by atoms with Crippen LogP contribution in [0.4, 0.5) is 0 Å². The van der Waals surface area contributed by atoms with Gasteiger partial charge in [0, 0.05) is 25.0 Å². The van der Waals surface area contributed by atoms with E-state index >= 15 is 0 Å². The molecule has 0 aliphatic carbocycles. The molecule has 0 aliphatic rings. The van der Waals surface area contributed by atoms with Crippen LogP contribution in [0, 0.1) is 0 Å². The number of aryl methyl sites for hydroxylation is 1. The molecule has 1 aromatic heterocycles. The van der Waals surface area contributed by atoms with E-state index in [-0.39, 0.29) is 5.54 Å². The third-order valence-electron chi connectivity index (χ3n) is 2.67. The fourth-order valence-electron chi connectivity index (χ4n) is 1.68. The second-order valence-corrected chi connectivity index (χ2v) is 6.18. The van der Waals surface area contributed by atoms with Gasteiger partial charge in [-0.3, -0.25) is 4.68 Å². The quantitative estimate of drug-likeness (QED) is 0.805. The normalized spacial score (nSPS) is 15.7. The Hall–Kier alpha value is -0.940. The molecule has 2 N–H and O–H groups in total. The summed E-state index contributed by atoms with van der Waals surface area (Å²) in [5, 5.41) is 17.9. The first-order valence-corrected chi connectivity index (χ1v) is 6.57. The van der Waals surface area contributed by atoms with Gasteiger partial charge in [-0.15, -0.1) is 0 Å². The first-order valence-electron chi connectivity index (χ1n) is 6.57. The van der Waals surface area contributed by atoms with Crippen LogP contribution in [0.1, 0.15) is 46.9 Å². The Morgan fingerprint density at radius 1 is 1.33 bits per heavy atom. The van der Waals surface area contributed by atoms with Crippen molar-refractivity contribution in [1.82, 2.24) is 20.1 Å². The van der Waals surface area contributed by atoms with Gasteiger partial charge in [0.2, 0.25) is 0 Å². The number of rotatable bonds is 6. The summed E-state index contributed by atoms with van der Waals surface area (Å²) in [5.41, 5.74) is -0.813. The van der Waals surface area contributed by atoms with Crippen LogP contribution in [0.5, 0.6) is 0 Å². The molecular weight excluding hydrogens is 228 g/mol. The third-order valence-corrected chi connectivity index (χ3v) is 2.67. The van der Waals surface area contributed by atoms with Crippen molar-refractivity contribution in [3.05, 3.63) is 12.2 Å². The van der Waals surface area contributed by atoms with E-state index in [1.54, 1.807) is 6.33 Å². The molecule has 5 nitrogen and oxygen atoms in total. The maximum atomic E-state index is 10.4. The lowest BCUT2D eigenvalue weighted by Gasteiger charge is -2.29. The van der Waals surface area contributed by atoms with Crippen molar-refractivity contribution < 1.29 is 5.11 Å². The van der Waals surface area contributed by atoms with E-state index in [1.807, 2.05) is 11.6 Å². The lowest BCUT2D eigenvalue weighted by molar-refractivity contribution is 0.0504. The summed E-state index contributed by atoms with van der Waals surface area (Å²) < 4.78 is 1.87. The largest absolute Gasteiger partial charge is 0.388 e. The van der Waals surface area contributed by atoms with Crippen LogP contribution < -0.4 is 5.32 Å². The lowest BCUT2D eigenvalue weighted by Crippen LogP contribution is -2.47. The number of aromatic nitrogens is 3. The number of nitrogens with one attached hydrogen (secondary N) is 1. The molecule has 1 rings (SSSR count). The Morgan fingerprint density at radius 2 is 2.00 bits per heavy atom. The maximum absolute atomic E-state index is 10.4. The molecule has 0 bridgehead atoms. The summed E-state index contributed by atoms with van der Waals surface area (Å²) in [6, 6.07) is 0. The molecule has 0 radical (unpaired) electrons. The van der Waals surface area contributed by atoms with Gasteiger partial charge in [0.1, 0.15) is 12.2 Å². The molecule has 1 heterocycles. The third kappa shape index (κ3) is 5.14. The second-order valence-electron chi connectivity index (χ2n) is 6.18. The first-order chi connectivity index (χ1) is 8.23. The second kappa shape index (κ2) is 5.80. The Labute approximate surface area is 110 Å². The van der Waals surface area contributed by atoms with Crippen LogP contribution in [0.2, 0.25) is 0 Å². The van der Waals surface area contributed by atoms with Crippen LogP contribution in [0.15, 0.2) is 6.33 Å². The highest BCUT2D eigenvalue weighted by Gasteiger charge is 2.25. The van der Waals surface area contributed by atoms with E-state index in [9.17, 15) is 5.11 Å². The molecule has 0 saturated heterocycles. The molecular formula is C13H26N4O. The zero-order chi connectivity index (χ0) is 13.8. The molecule has 1 atom stereocenters. The highest BCUT2D eigenvalue weighted by molar-refractivity contribution is 4.94. The Balaban J connectivity index is 2.61. The molecule has 104 valence electrons. The van der Waals surface area contributed by atoms with Gasteiger partial charge in [0.25, 0.3) is 0 Å². The van der Waals surface area contributed by atoms with E-state index in [0.29, 0.717) is 13.0 Å². The number of hydrogen-bond acceptors (Lipinski definition) is 4. The fourth-order valence-corrected chi connectivity index (χ4v) is 1.68. The van der Waals surface area contributed by atoms with Gasteiger partial charge in [-0.2, -0.15) is 5.10 Å². The summed E-state index contributed by atoms with van der Waals surface area (Å²) >= 11 is 0. The first kappa shape index (κ1) is 15.1. The van der Waals surface area contributed by atoms with E-state index in [1.165, 1.54) is 0 Å². The van der Waals surface area contributed by atoms with E-state index in [4.69, 9.17) is 0 Å². The molecule has 5 heteroatoms. The summed E-state index contributed by atoms with van der Waals surface area (Å²) in [7, 11) is 0. The van der Waals surface area contributed by atoms with Crippen molar-refractivity contribution in [2.24, 2.45) is 0 Å². The van der Waals surface area contributed by atoms with Gasteiger partial charge < -0.3 is 10.4 Å². The zero-order valence-electron chi connectivity index (χ0n) is 12.2. The Kier molecular flexibility index (Phi) is 4.87. The summed E-state index contributed by atoms with van der Waals surface area (Å²) in [4.78, 5) is 4.23. The number of aliphatic hydroxyl groups is 1. The van der Waals surface area contributed by atoms with Crippen molar-refractivity contribution in [2.45, 2.75) is 65.1 Å². The van der Waals surface area contributed by atoms with Gasteiger partial charge in [-0.05, 0) is 34.1 Å². The molecule has 1 unspecified atom stereocenters. The van der Waals surface area contributed by atoms with Gasteiger partial charge in [-0.1, -0.05) is 6.92 Å². The van der Waals surface area contributed by atoms with Crippen LogP contribution in [0.3, 0.4) is 0 Å². The molecule has 0 fully saturated rings. The SMILES string of the molecule is CCCn1ncnc1CC(C)(O)CNC(C)(C)C. The topological polar surface area (TPSA) is 63.0 Å². The number of β-amino-alcohol motifs (C(OH)–C–C–N with tert-alkyl or cyclic N) is 1. The minimum absolute atomic E-state index is 0.00107. The summed E-state index contributed by atoms with van der Waals surface area (Å²) in [5.74, 6) is 0.845. The van der Waals surface area contributed by atoms with Gasteiger partial charge in [0.15, 0.2) is 0 Å². The van der Waals surface area contributed by atoms with Crippen molar-refractivity contribution in [1.29, 1.82) is 0 Å². The highest BCUT2D eigenvalue weighted by Crippen LogP contribution is 2.12. The minimum Gasteiger partial charge on any atom is -0.388 e. The van der Waals surface area contributed by atoms with Crippen LogP contribution in [0.25, 0.3) is 0 Å². The summed E-state index contributed by atoms with van der Waals surface area (Å²) in [6.07, 6.45) is 3.08. The molecule has 0 saturated carbocycles. The van der Waals surface area contributed by atoms with Gasteiger partial charge in [0.05, 0.1) is 5.60 Å². The fraction of sp³-hybridized carbons (Fsp3) is 0.846. The monoisotopic (exact) mass is 254 g/mol. The molecule has 0 spiro atoms. The zero-order valence-corrected chi connectivity index (χ0v) is 12.2. The van der Waals surface area contributed by atoms with Crippen molar-refractivity contribution in [3.8, 4) is 0 Å². The summed E-state index contributed by atoms with van der Waals surface area (Å²) in [6.45, 7) is 11.6. The van der Waals surface area contributed by atoms with Gasteiger partial charge in [-0.25, -0.2) is 4.98 Å². The number of hydrogen-bond donors (Lipinski definition) is 2. The predicted octanol–water partition coefficient (Wildman–Crippen LogP) is 1.37. The molecule has 1 aromatic rings. The standard InChI is InChI=1S/C13H26N4O/c1-6-7-17-11(14-10-16-17)8-13(5,18)9-15-12(2,3)4/h10,15,18H,6-9H2,1-5H3. The predicted molar refractivity (Wildman–Crippen MR) is 72.4 cm³/mol. The van der Waals surface area contributed by atoms with Crippen LogP contribution >= 0.6 is 0 Å².